The molecule has 0 radical (unpaired) electrons. The van der Waals surface area contributed by atoms with Crippen molar-refractivity contribution in [2.45, 2.75) is 5.41 Å². The summed E-state index contributed by atoms with van der Waals surface area (Å²) in [5, 5.41) is 2.96. The van der Waals surface area contributed by atoms with Gasteiger partial charge in [0.25, 0.3) is 0 Å². The van der Waals surface area contributed by atoms with Crippen LogP contribution < -0.4 is 10.3 Å². The van der Waals surface area contributed by atoms with Crippen molar-refractivity contribution in [1.29, 1.82) is 0 Å². The van der Waals surface area contributed by atoms with E-state index in [0.717, 1.165) is 92.9 Å². The van der Waals surface area contributed by atoms with Crippen molar-refractivity contribution < 1.29 is 0 Å². The molecule has 10 aromatic carbocycles. The van der Waals surface area contributed by atoms with Crippen molar-refractivity contribution in [3.8, 4) is 54.9 Å². The largest absolute Gasteiger partial charge is 0.310 e. The van der Waals surface area contributed by atoms with Crippen molar-refractivity contribution in [1.82, 2.24) is 0 Å². The Morgan fingerprint density at radius 3 is 1.48 bits per heavy atom. The Morgan fingerprint density at radius 1 is 0.354 bits per heavy atom. The minimum Gasteiger partial charge on any atom is -0.310 e. The van der Waals surface area contributed by atoms with Gasteiger partial charge in [0.15, 0.2) is 5.43 Å². The SMILES string of the molecule is O=c1cc2c3c(cccc3c3sc(-c4ccccc4)cc13)C1(c3ccccc3-2)c2cc(-c3ccccc3)ccc2N(c2cccc(-c3ccccc3)c2)c2ccc(-c3ccccc3)cc21. The van der Waals surface area contributed by atoms with Crippen molar-refractivity contribution in [3.05, 3.63) is 269 Å². The van der Waals surface area contributed by atoms with Gasteiger partial charge >= 0.3 is 0 Å². The number of hydrogen-bond acceptors (Lipinski definition) is 3. The lowest BCUT2D eigenvalue weighted by Gasteiger charge is -2.49. The van der Waals surface area contributed by atoms with Gasteiger partial charge in [0.1, 0.15) is 0 Å². The molecule has 0 saturated carbocycles. The maximum atomic E-state index is 14.8. The van der Waals surface area contributed by atoms with Gasteiger partial charge in [-0.1, -0.05) is 188 Å². The highest BCUT2D eigenvalue weighted by molar-refractivity contribution is 7.23. The maximum absolute atomic E-state index is 14.8. The van der Waals surface area contributed by atoms with E-state index in [1.807, 2.05) is 12.1 Å². The molecule has 0 bridgehead atoms. The first-order valence-corrected chi connectivity index (χ1v) is 23.0. The average Bonchev–Trinajstić information content (AvgIpc) is 3.79. The summed E-state index contributed by atoms with van der Waals surface area (Å²) in [6, 6.07) is 85.4. The lowest BCUT2D eigenvalue weighted by atomic mass is 9.57. The number of benzene rings is 9. The number of nitrogens with zero attached hydrogens (tertiary/aromatic N) is 1. The van der Waals surface area contributed by atoms with Crippen molar-refractivity contribution in [2.75, 3.05) is 4.90 Å². The van der Waals surface area contributed by atoms with Crippen molar-refractivity contribution in [2.24, 2.45) is 0 Å². The quantitative estimate of drug-likeness (QED) is 0.172. The number of hydrogen-bond donors (Lipinski definition) is 0. The van der Waals surface area contributed by atoms with Gasteiger partial charge in [-0.05, 0) is 126 Å². The van der Waals surface area contributed by atoms with Crippen LogP contribution in [0.2, 0.25) is 0 Å². The highest BCUT2D eigenvalue weighted by atomic mass is 32.1. The van der Waals surface area contributed by atoms with Crippen LogP contribution in [0.25, 0.3) is 75.8 Å². The first-order chi connectivity index (χ1) is 32.1. The number of anilines is 3. The van der Waals surface area contributed by atoms with Gasteiger partial charge in [-0.2, -0.15) is 0 Å². The van der Waals surface area contributed by atoms with Crippen LogP contribution in [0.5, 0.6) is 0 Å². The second kappa shape index (κ2) is 14.7. The van der Waals surface area contributed by atoms with Gasteiger partial charge in [-0.3, -0.25) is 4.79 Å². The first-order valence-electron chi connectivity index (χ1n) is 22.2. The molecule has 0 N–H and O–H groups in total. The van der Waals surface area contributed by atoms with Crippen LogP contribution in [-0.2, 0) is 5.41 Å². The lowest BCUT2D eigenvalue weighted by Crippen LogP contribution is -2.39. The third-order valence-corrected chi connectivity index (χ3v) is 14.9. The monoisotopic (exact) mass is 845 g/mol. The van der Waals surface area contributed by atoms with Crippen LogP contribution in [0.4, 0.5) is 17.1 Å². The standard InChI is InChI=1S/C62H39NOS/c64-58-38-50-48-27-13-14-29-52(48)62(53-30-16-28-49(60(50)53)61-51(58)39-59(65-61)43-23-11-4-12-24-43)54-36-45(41-19-7-2-8-20-41)31-33-56(54)63(47-26-15-25-44(35-47)40-17-5-1-6-18-40)57-34-32-46(37-55(57)62)42-21-9-3-10-22-42/h1-39H. The van der Waals surface area contributed by atoms with Gasteiger partial charge in [0.2, 0.25) is 0 Å². The smallest absolute Gasteiger partial charge is 0.187 e. The third kappa shape index (κ3) is 5.69. The molecular weight excluding hydrogens is 807 g/mol. The van der Waals surface area contributed by atoms with Crippen LogP contribution in [-0.4, -0.2) is 0 Å². The summed E-state index contributed by atoms with van der Waals surface area (Å²) in [4.78, 5) is 18.3. The molecule has 1 aliphatic heterocycles. The van der Waals surface area contributed by atoms with Crippen LogP contribution in [0, 0.1) is 0 Å². The zero-order valence-corrected chi connectivity index (χ0v) is 36.1. The predicted molar refractivity (Wildman–Crippen MR) is 273 cm³/mol. The highest BCUT2D eigenvalue weighted by Crippen LogP contribution is 2.63. The third-order valence-electron chi connectivity index (χ3n) is 13.6. The molecule has 1 aromatic heterocycles. The van der Waals surface area contributed by atoms with Crippen LogP contribution >= 0.6 is 11.3 Å². The molecule has 13 rings (SSSR count). The average molecular weight is 846 g/mol. The molecule has 11 aromatic rings. The Balaban J connectivity index is 1.20. The minimum atomic E-state index is -0.805. The molecule has 1 aliphatic carbocycles. The Morgan fingerprint density at radius 2 is 0.862 bits per heavy atom. The number of rotatable bonds is 5. The first kappa shape index (κ1) is 37.4. The fraction of sp³-hybridized carbons (Fsp3) is 0.0161. The van der Waals surface area contributed by atoms with E-state index in [4.69, 9.17) is 0 Å². The van der Waals surface area contributed by atoms with Gasteiger partial charge in [-0.25, -0.2) is 0 Å². The molecule has 0 saturated heterocycles. The fourth-order valence-electron chi connectivity index (χ4n) is 10.8. The van der Waals surface area contributed by atoms with Crippen molar-refractivity contribution in [3.63, 3.8) is 0 Å². The molecule has 0 fully saturated rings. The summed E-state index contributed by atoms with van der Waals surface area (Å²) < 4.78 is 1.01. The molecular formula is C62H39NOS. The molecule has 1 spiro atoms. The Bertz CT molecular complexity index is 3640. The Kier molecular flexibility index (Phi) is 8.49. The summed E-state index contributed by atoms with van der Waals surface area (Å²) in [5.41, 5.74) is 17.4. The normalized spacial score (nSPS) is 13.1. The maximum Gasteiger partial charge on any atom is 0.187 e. The lowest BCUT2D eigenvalue weighted by molar-refractivity contribution is 0.736. The van der Waals surface area contributed by atoms with E-state index in [2.05, 4.69) is 229 Å². The Labute approximate surface area is 381 Å². The number of thiophene rings is 1. The fourth-order valence-corrected chi connectivity index (χ4v) is 12.0. The van der Waals surface area contributed by atoms with Crippen LogP contribution in [0.15, 0.2) is 241 Å². The van der Waals surface area contributed by atoms with Gasteiger partial charge in [-0.15, -0.1) is 11.3 Å². The molecule has 0 unspecified atom stereocenters. The van der Waals surface area contributed by atoms with E-state index in [9.17, 15) is 4.79 Å². The van der Waals surface area contributed by atoms with Crippen LogP contribution in [0.1, 0.15) is 22.3 Å². The molecule has 2 heterocycles. The zero-order chi connectivity index (χ0) is 43.1. The van der Waals surface area contributed by atoms with E-state index >= 15 is 0 Å². The van der Waals surface area contributed by atoms with E-state index in [1.54, 1.807) is 11.3 Å². The minimum absolute atomic E-state index is 0.0352. The highest BCUT2D eigenvalue weighted by Gasteiger charge is 2.50. The van der Waals surface area contributed by atoms with Crippen molar-refractivity contribution >= 4 is 49.3 Å². The van der Waals surface area contributed by atoms with Gasteiger partial charge in [0.05, 0.1) is 16.8 Å². The van der Waals surface area contributed by atoms with E-state index in [0.29, 0.717) is 0 Å². The topological polar surface area (TPSA) is 20.3 Å². The summed E-state index contributed by atoms with van der Waals surface area (Å²) in [5.74, 6) is 0. The summed E-state index contributed by atoms with van der Waals surface area (Å²) >= 11 is 1.72. The summed E-state index contributed by atoms with van der Waals surface area (Å²) in [7, 11) is 0. The van der Waals surface area contributed by atoms with Crippen LogP contribution in [0.3, 0.4) is 0 Å². The van der Waals surface area contributed by atoms with Gasteiger partial charge < -0.3 is 4.90 Å². The molecule has 304 valence electrons. The summed E-state index contributed by atoms with van der Waals surface area (Å²) in [6.45, 7) is 0. The Hall–Kier alpha value is -8.11. The van der Waals surface area contributed by atoms with Gasteiger partial charge in [0, 0.05) is 26.0 Å². The molecule has 65 heavy (non-hydrogen) atoms. The second-order valence-corrected chi connectivity index (χ2v) is 18.2. The second-order valence-electron chi connectivity index (χ2n) is 17.1. The molecule has 2 aliphatic rings. The van der Waals surface area contributed by atoms with E-state index in [-0.39, 0.29) is 5.43 Å². The van der Waals surface area contributed by atoms with E-state index < -0.39 is 5.41 Å². The molecule has 0 atom stereocenters. The zero-order valence-electron chi connectivity index (χ0n) is 35.3. The molecule has 0 amide bonds. The molecule has 2 nitrogen and oxygen atoms in total. The summed E-state index contributed by atoms with van der Waals surface area (Å²) in [6.07, 6.45) is 0. The molecule has 3 heteroatoms. The number of fused-ring (bicyclic) bond motifs is 10. The predicted octanol–water partition coefficient (Wildman–Crippen LogP) is 16.2. The van der Waals surface area contributed by atoms with E-state index in [1.165, 1.54) is 22.3 Å².